The minimum absolute atomic E-state index is 0.462. The zero-order valence-electron chi connectivity index (χ0n) is 22.0. The molecule has 1 amide bonds. The van der Waals surface area contributed by atoms with Gasteiger partial charge in [0.15, 0.2) is 0 Å². The zero-order chi connectivity index (χ0) is 26.9. The molecule has 0 unspecified atom stereocenters. The van der Waals surface area contributed by atoms with E-state index in [1.165, 1.54) is 0 Å². The summed E-state index contributed by atoms with van der Waals surface area (Å²) in [5, 5.41) is 8.00. The molecular formula is C28H31N7O3. The Balaban J connectivity index is 1.35. The van der Waals surface area contributed by atoms with E-state index in [1.807, 2.05) is 49.8 Å². The van der Waals surface area contributed by atoms with E-state index in [0.717, 1.165) is 45.5 Å². The molecule has 0 atom stereocenters. The maximum absolute atomic E-state index is 12.3. The van der Waals surface area contributed by atoms with Gasteiger partial charge in [0.25, 0.3) is 0 Å². The Morgan fingerprint density at radius 3 is 2.53 bits per heavy atom. The van der Waals surface area contributed by atoms with Crippen LogP contribution in [0.3, 0.4) is 0 Å². The average Bonchev–Trinajstić information content (AvgIpc) is 3.34. The van der Waals surface area contributed by atoms with Crippen molar-refractivity contribution < 1.29 is 14.3 Å². The lowest BCUT2D eigenvalue weighted by atomic mass is 9.89. The number of nitrogens with one attached hydrogen (secondary N) is 1. The number of amides is 1. The monoisotopic (exact) mass is 513 g/mol. The van der Waals surface area contributed by atoms with E-state index < -0.39 is 17.2 Å². The number of hydrogen-bond donors (Lipinski definition) is 1. The number of nitrogens with zero attached hydrogens (tertiary/aromatic N) is 6. The molecule has 38 heavy (non-hydrogen) atoms. The van der Waals surface area contributed by atoms with Gasteiger partial charge in [-0.1, -0.05) is 0 Å². The molecule has 5 heterocycles. The molecule has 0 aromatic carbocycles. The first kappa shape index (κ1) is 25.3. The summed E-state index contributed by atoms with van der Waals surface area (Å²) in [7, 11) is 1.87. The van der Waals surface area contributed by atoms with Crippen LogP contribution in [0, 0.1) is 0 Å². The highest BCUT2D eigenvalue weighted by Gasteiger charge is 2.37. The molecule has 1 N–H and O–H groups in total. The molecule has 196 valence electrons. The van der Waals surface area contributed by atoms with Gasteiger partial charge in [0.05, 0.1) is 23.1 Å². The number of pyridine rings is 3. The molecule has 10 heteroatoms. The van der Waals surface area contributed by atoms with Crippen molar-refractivity contribution in [3.63, 3.8) is 0 Å². The van der Waals surface area contributed by atoms with Crippen LogP contribution >= 0.6 is 0 Å². The summed E-state index contributed by atoms with van der Waals surface area (Å²) in [4.78, 5) is 40.6. The highest BCUT2D eigenvalue weighted by atomic mass is 16.6. The molecule has 1 saturated heterocycles. The van der Waals surface area contributed by atoms with Crippen molar-refractivity contribution in [3.8, 4) is 22.5 Å². The van der Waals surface area contributed by atoms with Crippen LogP contribution in [0.25, 0.3) is 33.4 Å². The van der Waals surface area contributed by atoms with Gasteiger partial charge in [-0.15, -0.1) is 0 Å². The Bertz CT molecular complexity index is 1470. The minimum Gasteiger partial charge on any atom is -0.444 e. The van der Waals surface area contributed by atoms with Crippen molar-refractivity contribution in [1.29, 1.82) is 0 Å². The molecule has 1 aliphatic heterocycles. The van der Waals surface area contributed by atoms with Gasteiger partial charge in [-0.05, 0) is 63.9 Å². The van der Waals surface area contributed by atoms with Crippen molar-refractivity contribution in [1.82, 2.24) is 30.0 Å². The number of aromatic nitrogens is 5. The van der Waals surface area contributed by atoms with E-state index in [1.54, 1.807) is 37.8 Å². The number of carbonyl (C=O) groups excluding carboxylic acids is 2. The predicted molar refractivity (Wildman–Crippen MR) is 145 cm³/mol. The van der Waals surface area contributed by atoms with Gasteiger partial charge in [-0.2, -0.15) is 5.10 Å². The molecule has 10 nitrogen and oxygen atoms in total. The number of alkyl carbamates (subject to hydrolysis) is 1. The molecule has 4 aromatic heterocycles. The third-order valence-corrected chi connectivity index (χ3v) is 6.58. The van der Waals surface area contributed by atoms with E-state index in [9.17, 15) is 9.59 Å². The molecule has 4 aromatic rings. The summed E-state index contributed by atoms with van der Waals surface area (Å²) in [5.41, 5.74) is 2.66. The zero-order valence-corrected chi connectivity index (χ0v) is 22.0. The second-order valence-corrected chi connectivity index (χ2v) is 10.6. The number of rotatable bonds is 5. The molecule has 0 bridgehead atoms. The Morgan fingerprint density at radius 2 is 1.89 bits per heavy atom. The summed E-state index contributed by atoms with van der Waals surface area (Å²) in [6, 6.07) is 9.84. The average molecular weight is 514 g/mol. The van der Waals surface area contributed by atoms with Crippen LogP contribution in [0.1, 0.15) is 33.6 Å². The van der Waals surface area contributed by atoms with E-state index in [0.29, 0.717) is 25.9 Å². The first-order valence-electron chi connectivity index (χ1n) is 12.6. The van der Waals surface area contributed by atoms with Gasteiger partial charge in [-0.3, -0.25) is 9.67 Å². The summed E-state index contributed by atoms with van der Waals surface area (Å²) >= 11 is 0. The standard InChI is InChI=1S/C28H31N7O3/c1-27(2,3)38-26(37)33-28(18-36)9-12-35(13-10-28)24-8-7-19(15-30-24)25-21-6-5-11-29-23(21)14-22(32-25)20-16-31-34(4)17-20/h5-8,11,14-18H,9-10,12-13H2,1-4H3,(H,33,37). The van der Waals surface area contributed by atoms with E-state index in [-0.39, 0.29) is 0 Å². The first-order chi connectivity index (χ1) is 18.1. The summed E-state index contributed by atoms with van der Waals surface area (Å²) < 4.78 is 7.10. The largest absolute Gasteiger partial charge is 0.444 e. The molecule has 0 saturated carbocycles. The van der Waals surface area contributed by atoms with Crippen LogP contribution in [-0.4, -0.2) is 61.3 Å². The lowest BCUT2D eigenvalue weighted by molar-refractivity contribution is -0.114. The Labute approximate surface area is 221 Å². The smallest absolute Gasteiger partial charge is 0.408 e. The second kappa shape index (κ2) is 9.85. The number of aryl methyl sites for hydroxylation is 1. The number of anilines is 1. The van der Waals surface area contributed by atoms with Crippen molar-refractivity contribution in [2.75, 3.05) is 18.0 Å². The van der Waals surface area contributed by atoms with Crippen LogP contribution in [0.2, 0.25) is 0 Å². The molecular weight excluding hydrogens is 482 g/mol. The van der Waals surface area contributed by atoms with Crippen molar-refractivity contribution in [2.45, 2.75) is 44.8 Å². The fourth-order valence-electron chi connectivity index (χ4n) is 4.62. The first-order valence-corrected chi connectivity index (χ1v) is 12.6. The predicted octanol–water partition coefficient (Wildman–Crippen LogP) is 4.15. The topological polar surface area (TPSA) is 115 Å². The lowest BCUT2D eigenvalue weighted by Crippen LogP contribution is -2.57. The highest BCUT2D eigenvalue weighted by molar-refractivity contribution is 5.94. The number of aldehydes is 1. The van der Waals surface area contributed by atoms with Gasteiger partial charge < -0.3 is 19.7 Å². The van der Waals surface area contributed by atoms with E-state index >= 15 is 0 Å². The minimum atomic E-state index is -0.943. The molecule has 1 fully saturated rings. The van der Waals surface area contributed by atoms with Gasteiger partial charge in [0, 0.05) is 55.2 Å². The van der Waals surface area contributed by atoms with E-state index in [2.05, 4.69) is 20.3 Å². The van der Waals surface area contributed by atoms with E-state index in [4.69, 9.17) is 14.7 Å². The van der Waals surface area contributed by atoms with Crippen molar-refractivity contribution in [2.24, 2.45) is 7.05 Å². The summed E-state index contributed by atoms with van der Waals surface area (Å²) in [6.45, 7) is 6.52. The number of hydrogen-bond acceptors (Lipinski definition) is 8. The Morgan fingerprint density at radius 1 is 1.11 bits per heavy atom. The van der Waals surface area contributed by atoms with Crippen LogP contribution in [-0.2, 0) is 16.6 Å². The fourth-order valence-corrected chi connectivity index (χ4v) is 4.62. The number of ether oxygens (including phenoxy) is 1. The SMILES string of the molecule is Cn1cc(-c2cc3ncccc3c(-c3ccc(N4CCC(C=O)(NC(=O)OC(C)(C)C)CC4)nc3)n2)cn1. The molecule has 0 spiro atoms. The van der Waals surface area contributed by atoms with Gasteiger partial charge in [0.2, 0.25) is 0 Å². The lowest BCUT2D eigenvalue weighted by Gasteiger charge is -2.39. The van der Waals surface area contributed by atoms with Crippen LogP contribution in [0.5, 0.6) is 0 Å². The van der Waals surface area contributed by atoms with Gasteiger partial charge in [0.1, 0.15) is 23.2 Å². The summed E-state index contributed by atoms with van der Waals surface area (Å²) in [6.07, 6.45) is 8.47. The van der Waals surface area contributed by atoms with Crippen molar-refractivity contribution >= 4 is 29.1 Å². The Kier molecular flexibility index (Phi) is 6.56. The van der Waals surface area contributed by atoms with Crippen LogP contribution in [0.4, 0.5) is 10.6 Å². The maximum atomic E-state index is 12.3. The van der Waals surface area contributed by atoms with Gasteiger partial charge in [-0.25, -0.2) is 14.8 Å². The second-order valence-electron chi connectivity index (χ2n) is 10.6. The van der Waals surface area contributed by atoms with Crippen LogP contribution < -0.4 is 10.2 Å². The maximum Gasteiger partial charge on any atom is 0.408 e. The number of piperidine rings is 1. The van der Waals surface area contributed by atoms with Gasteiger partial charge >= 0.3 is 6.09 Å². The van der Waals surface area contributed by atoms with Crippen LogP contribution in [0.15, 0.2) is 55.1 Å². The third kappa shape index (κ3) is 5.34. The fraction of sp³-hybridized carbons (Fsp3) is 0.357. The van der Waals surface area contributed by atoms with Crippen molar-refractivity contribution in [3.05, 3.63) is 55.1 Å². The Hall–Kier alpha value is -4.34. The normalized spacial score (nSPS) is 15.3. The molecule has 1 aliphatic rings. The summed E-state index contributed by atoms with van der Waals surface area (Å²) in [5.74, 6) is 0.802. The number of fused-ring (bicyclic) bond motifs is 1. The number of carbonyl (C=O) groups is 2. The molecule has 5 rings (SSSR count). The highest BCUT2D eigenvalue weighted by Crippen LogP contribution is 2.31. The third-order valence-electron chi connectivity index (χ3n) is 6.58. The molecule has 0 aliphatic carbocycles. The molecule has 0 radical (unpaired) electrons. The quantitative estimate of drug-likeness (QED) is 0.396.